The molecule has 0 atom stereocenters. The topological polar surface area (TPSA) is 87.7 Å². The predicted molar refractivity (Wildman–Crippen MR) is 66.5 cm³/mol. The minimum absolute atomic E-state index is 0.00406. The summed E-state index contributed by atoms with van der Waals surface area (Å²) in [6.45, 7) is 1.27. The van der Waals surface area contributed by atoms with Crippen molar-refractivity contribution < 1.29 is 19.4 Å². The molecule has 0 radical (unpaired) electrons. The van der Waals surface area contributed by atoms with Crippen LogP contribution in [0.5, 0.6) is 0 Å². The summed E-state index contributed by atoms with van der Waals surface area (Å²) in [4.78, 5) is 22.4. The molecule has 0 aliphatic heterocycles. The monoisotopic (exact) mass is 258 g/mol. The summed E-state index contributed by atoms with van der Waals surface area (Å²) in [6, 6.07) is -0.270. The number of methoxy groups -OCH3 is 1. The molecule has 0 aromatic heterocycles. The Morgan fingerprint density at radius 3 is 2.56 bits per heavy atom. The molecule has 1 aliphatic rings. The Labute approximate surface area is 107 Å². The molecule has 6 nitrogen and oxygen atoms in total. The normalized spacial score (nSPS) is 16.7. The third-order valence-corrected chi connectivity index (χ3v) is 3.24. The number of hydrogen-bond donors (Lipinski definition) is 3. The standard InChI is InChI=1S/C12H22N2O4/c1-18-8-3-2-7-13-11(17)14-12(5-4-6-12)9-10(15)16/h2-9H2,1H3,(H,15,16)(H2,13,14,17). The van der Waals surface area contributed by atoms with Gasteiger partial charge in [-0.2, -0.15) is 0 Å². The highest BCUT2D eigenvalue weighted by atomic mass is 16.5. The van der Waals surface area contributed by atoms with Gasteiger partial charge in [0, 0.05) is 20.3 Å². The van der Waals surface area contributed by atoms with Crippen molar-refractivity contribution in [3.05, 3.63) is 0 Å². The van der Waals surface area contributed by atoms with E-state index in [9.17, 15) is 9.59 Å². The van der Waals surface area contributed by atoms with Crippen LogP contribution in [0.2, 0.25) is 0 Å². The minimum Gasteiger partial charge on any atom is -0.481 e. The molecule has 0 heterocycles. The van der Waals surface area contributed by atoms with E-state index in [1.807, 2.05) is 0 Å². The van der Waals surface area contributed by atoms with E-state index in [1.165, 1.54) is 0 Å². The molecule has 1 fully saturated rings. The van der Waals surface area contributed by atoms with Crippen molar-refractivity contribution in [2.24, 2.45) is 0 Å². The number of hydrogen-bond acceptors (Lipinski definition) is 3. The van der Waals surface area contributed by atoms with E-state index in [0.29, 0.717) is 13.2 Å². The fraction of sp³-hybridized carbons (Fsp3) is 0.833. The molecule has 1 saturated carbocycles. The zero-order chi connectivity index (χ0) is 13.4. The average molecular weight is 258 g/mol. The minimum atomic E-state index is -0.866. The van der Waals surface area contributed by atoms with Crippen molar-refractivity contribution in [1.82, 2.24) is 10.6 Å². The molecule has 0 spiro atoms. The van der Waals surface area contributed by atoms with Gasteiger partial charge in [0.1, 0.15) is 0 Å². The first kappa shape index (κ1) is 14.8. The average Bonchev–Trinajstić information content (AvgIpc) is 2.25. The Hall–Kier alpha value is -1.30. The van der Waals surface area contributed by atoms with Crippen LogP contribution in [0.4, 0.5) is 4.79 Å². The number of amides is 2. The second-order valence-corrected chi connectivity index (χ2v) is 4.79. The molecule has 0 aromatic carbocycles. The smallest absolute Gasteiger partial charge is 0.315 e. The number of urea groups is 1. The fourth-order valence-electron chi connectivity index (χ4n) is 2.10. The summed E-state index contributed by atoms with van der Waals surface area (Å²) in [5.74, 6) is -0.866. The largest absolute Gasteiger partial charge is 0.481 e. The Morgan fingerprint density at radius 2 is 2.06 bits per heavy atom. The molecular formula is C12H22N2O4. The van der Waals surface area contributed by atoms with E-state index >= 15 is 0 Å². The van der Waals surface area contributed by atoms with Crippen LogP contribution in [-0.4, -0.2) is 42.9 Å². The fourth-order valence-corrected chi connectivity index (χ4v) is 2.10. The maximum absolute atomic E-state index is 11.6. The van der Waals surface area contributed by atoms with Crippen molar-refractivity contribution in [3.63, 3.8) is 0 Å². The van der Waals surface area contributed by atoms with Gasteiger partial charge in [0.2, 0.25) is 0 Å². The molecule has 1 aliphatic carbocycles. The number of carbonyl (C=O) groups excluding carboxylic acids is 1. The van der Waals surface area contributed by atoms with Crippen molar-refractivity contribution in [1.29, 1.82) is 0 Å². The van der Waals surface area contributed by atoms with E-state index in [4.69, 9.17) is 9.84 Å². The SMILES string of the molecule is COCCCCNC(=O)NC1(CC(=O)O)CCC1. The van der Waals surface area contributed by atoms with Crippen LogP contribution < -0.4 is 10.6 Å². The van der Waals surface area contributed by atoms with Gasteiger partial charge in [0.25, 0.3) is 0 Å². The summed E-state index contributed by atoms with van der Waals surface area (Å²) < 4.78 is 4.91. The van der Waals surface area contributed by atoms with E-state index in [2.05, 4.69) is 10.6 Å². The number of rotatable bonds is 8. The molecule has 1 rings (SSSR count). The Kier molecular flexibility index (Phi) is 5.91. The molecular weight excluding hydrogens is 236 g/mol. The second-order valence-electron chi connectivity index (χ2n) is 4.79. The molecule has 3 N–H and O–H groups in total. The van der Waals surface area contributed by atoms with Gasteiger partial charge in [0.05, 0.1) is 12.0 Å². The van der Waals surface area contributed by atoms with Crippen LogP contribution in [0, 0.1) is 0 Å². The number of unbranched alkanes of at least 4 members (excludes halogenated alkanes) is 1. The number of carbonyl (C=O) groups is 2. The lowest BCUT2D eigenvalue weighted by Crippen LogP contribution is -2.57. The lowest BCUT2D eigenvalue weighted by atomic mass is 9.74. The first-order chi connectivity index (χ1) is 8.58. The second kappa shape index (κ2) is 7.20. The molecule has 0 aromatic rings. The first-order valence-corrected chi connectivity index (χ1v) is 6.35. The molecule has 6 heteroatoms. The zero-order valence-electron chi connectivity index (χ0n) is 10.8. The molecule has 0 unspecified atom stereocenters. The van der Waals surface area contributed by atoms with Crippen LogP contribution >= 0.6 is 0 Å². The summed E-state index contributed by atoms with van der Waals surface area (Å²) in [5, 5.41) is 14.3. The molecule has 2 amide bonds. The summed E-state index contributed by atoms with van der Waals surface area (Å²) >= 11 is 0. The first-order valence-electron chi connectivity index (χ1n) is 6.35. The van der Waals surface area contributed by atoms with Crippen LogP contribution in [0.1, 0.15) is 38.5 Å². The highest BCUT2D eigenvalue weighted by Crippen LogP contribution is 2.34. The van der Waals surface area contributed by atoms with Crippen LogP contribution in [0.15, 0.2) is 0 Å². The Morgan fingerprint density at radius 1 is 1.33 bits per heavy atom. The summed E-state index contributed by atoms with van der Waals surface area (Å²) in [6.07, 6.45) is 4.22. The van der Waals surface area contributed by atoms with E-state index < -0.39 is 11.5 Å². The van der Waals surface area contributed by atoms with Gasteiger partial charge in [-0.05, 0) is 32.1 Å². The van der Waals surface area contributed by atoms with Crippen molar-refractivity contribution >= 4 is 12.0 Å². The summed E-state index contributed by atoms with van der Waals surface area (Å²) in [7, 11) is 1.65. The van der Waals surface area contributed by atoms with Gasteiger partial charge < -0.3 is 20.5 Å². The number of carboxylic acid groups (broad SMARTS) is 1. The number of carboxylic acids is 1. The van der Waals surface area contributed by atoms with E-state index in [1.54, 1.807) is 7.11 Å². The van der Waals surface area contributed by atoms with E-state index in [0.717, 1.165) is 32.1 Å². The van der Waals surface area contributed by atoms with Gasteiger partial charge in [-0.25, -0.2) is 4.79 Å². The van der Waals surface area contributed by atoms with Crippen molar-refractivity contribution in [2.45, 2.75) is 44.1 Å². The lowest BCUT2D eigenvalue weighted by Gasteiger charge is -2.41. The third-order valence-electron chi connectivity index (χ3n) is 3.24. The quantitative estimate of drug-likeness (QED) is 0.569. The maximum atomic E-state index is 11.6. The molecule has 104 valence electrons. The molecule has 0 bridgehead atoms. The Balaban J connectivity index is 2.19. The van der Waals surface area contributed by atoms with Gasteiger partial charge in [-0.1, -0.05) is 0 Å². The number of nitrogens with one attached hydrogen (secondary N) is 2. The molecule has 0 saturated heterocycles. The van der Waals surface area contributed by atoms with Crippen LogP contribution in [-0.2, 0) is 9.53 Å². The molecule has 18 heavy (non-hydrogen) atoms. The van der Waals surface area contributed by atoms with Crippen molar-refractivity contribution in [2.75, 3.05) is 20.3 Å². The number of aliphatic carboxylic acids is 1. The van der Waals surface area contributed by atoms with Gasteiger partial charge >= 0.3 is 12.0 Å². The highest BCUT2D eigenvalue weighted by Gasteiger charge is 2.40. The van der Waals surface area contributed by atoms with Gasteiger partial charge in [0.15, 0.2) is 0 Å². The van der Waals surface area contributed by atoms with Crippen LogP contribution in [0.3, 0.4) is 0 Å². The zero-order valence-corrected chi connectivity index (χ0v) is 10.8. The Bertz CT molecular complexity index is 290. The lowest BCUT2D eigenvalue weighted by molar-refractivity contribution is -0.139. The number of ether oxygens (including phenoxy) is 1. The van der Waals surface area contributed by atoms with Crippen molar-refractivity contribution in [3.8, 4) is 0 Å². The van der Waals surface area contributed by atoms with Crippen LogP contribution in [0.25, 0.3) is 0 Å². The maximum Gasteiger partial charge on any atom is 0.315 e. The summed E-state index contributed by atoms with van der Waals surface area (Å²) in [5.41, 5.74) is -0.525. The predicted octanol–water partition coefficient (Wildman–Crippen LogP) is 1.11. The van der Waals surface area contributed by atoms with Gasteiger partial charge in [-0.15, -0.1) is 0 Å². The van der Waals surface area contributed by atoms with E-state index in [-0.39, 0.29) is 12.5 Å². The van der Waals surface area contributed by atoms with Gasteiger partial charge in [-0.3, -0.25) is 4.79 Å². The highest BCUT2D eigenvalue weighted by molar-refractivity contribution is 5.77. The third kappa shape index (κ3) is 4.91.